The minimum absolute atomic E-state index is 0.0768. The summed E-state index contributed by atoms with van der Waals surface area (Å²) in [5.41, 5.74) is 2.93. The van der Waals surface area contributed by atoms with Crippen LogP contribution in [0.25, 0.3) is 0 Å². The molecule has 2 saturated heterocycles. The molecule has 0 spiro atoms. The van der Waals surface area contributed by atoms with Crippen LogP contribution in [0.2, 0.25) is 0 Å². The Morgan fingerprint density at radius 2 is 1.73 bits per heavy atom. The summed E-state index contributed by atoms with van der Waals surface area (Å²) in [6, 6.07) is 15.3. The zero-order chi connectivity index (χ0) is 20.9. The van der Waals surface area contributed by atoms with Crippen molar-refractivity contribution in [1.82, 2.24) is 15.1 Å². The van der Waals surface area contributed by atoms with E-state index in [0.29, 0.717) is 45.7 Å². The lowest BCUT2D eigenvalue weighted by atomic mass is 10.1. The number of amides is 3. The van der Waals surface area contributed by atoms with Gasteiger partial charge in [0.15, 0.2) is 0 Å². The fourth-order valence-corrected chi connectivity index (χ4v) is 4.10. The molecule has 0 bridgehead atoms. The molecule has 0 aliphatic carbocycles. The van der Waals surface area contributed by atoms with Crippen molar-refractivity contribution in [3.8, 4) is 5.75 Å². The molecule has 4 rings (SSSR count). The van der Waals surface area contributed by atoms with Crippen molar-refractivity contribution in [3.63, 3.8) is 0 Å². The van der Waals surface area contributed by atoms with E-state index in [9.17, 15) is 14.7 Å². The number of carbonyl (C=O) groups is 2. The maximum absolute atomic E-state index is 12.6. The number of piperazine rings is 1. The number of phenols is 1. The summed E-state index contributed by atoms with van der Waals surface area (Å²) in [7, 11) is 0. The lowest BCUT2D eigenvalue weighted by Gasteiger charge is -2.36. The first-order valence-electron chi connectivity index (χ1n) is 10.5. The molecule has 7 nitrogen and oxygen atoms in total. The number of phenolic OH excluding ortho intramolecular Hbond substituents is 1. The van der Waals surface area contributed by atoms with Gasteiger partial charge in [-0.15, -0.1) is 0 Å². The molecule has 0 unspecified atom stereocenters. The van der Waals surface area contributed by atoms with Crippen LogP contribution in [0.4, 0.5) is 10.5 Å². The van der Waals surface area contributed by atoms with E-state index in [1.165, 1.54) is 0 Å². The Bertz CT molecular complexity index is 909. The van der Waals surface area contributed by atoms with Crippen molar-refractivity contribution in [3.05, 3.63) is 59.7 Å². The van der Waals surface area contributed by atoms with Crippen molar-refractivity contribution < 1.29 is 14.7 Å². The van der Waals surface area contributed by atoms with Gasteiger partial charge in [0.2, 0.25) is 5.91 Å². The number of benzene rings is 2. The number of likely N-dealkylation sites (tertiary alicyclic amines) is 1. The highest BCUT2D eigenvalue weighted by molar-refractivity contribution is 5.78. The predicted molar refractivity (Wildman–Crippen MR) is 115 cm³/mol. The number of urea groups is 1. The molecule has 2 aliphatic heterocycles. The third-order valence-corrected chi connectivity index (χ3v) is 5.77. The Hall–Kier alpha value is -3.22. The highest BCUT2D eigenvalue weighted by Gasteiger charge is 2.23. The van der Waals surface area contributed by atoms with Crippen LogP contribution in [0.3, 0.4) is 0 Å². The van der Waals surface area contributed by atoms with E-state index in [0.717, 1.165) is 29.8 Å². The van der Waals surface area contributed by atoms with Crippen molar-refractivity contribution in [2.75, 3.05) is 37.6 Å². The summed E-state index contributed by atoms with van der Waals surface area (Å²) in [5.74, 6) is 0.489. The van der Waals surface area contributed by atoms with Crippen molar-refractivity contribution in [1.29, 1.82) is 0 Å². The number of para-hydroxylation sites is 2. The molecule has 2 aromatic rings. The molecule has 0 saturated carbocycles. The van der Waals surface area contributed by atoms with E-state index in [2.05, 4.69) is 16.3 Å². The minimum Gasteiger partial charge on any atom is -0.506 e. The molecule has 7 heteroatoms. The zero-order valence-electron chi connectivity index (χ0n) is 17.1. The second-order valence-electron chi connectivity index (χ2n) is 7.86. The molecule has 2 aromatic carbocycles. The van der Waals surface area contributed by atoms with E-state index < -0.39 is 0 Å². The number of hydrogen-bond acceptors (Lipinski definition) is 4. The Morgan fingerprint density at radius 3 is 2.47 bits per heavy atom. The third kappa shape index (κ3) is 4.67. The van der Waals surface area contributed by atoms with E-state index in [1.54, 1.807) is 12.1 Å². The first-order valence-corrected chi connectivity index (χ1v) is 10.5. The average molecular weight is 409 g/mol. The first-order chi connectivity index (χ1) is 14.6. The molecule has 30 heavy (non-hydrogen) atoms. The van der Waals surface area contributed by atoms with E-state index >= 15 is 0 Å². The van der Waals surface area contributed by atoms with Crippen LogP contribution < -0.4 is 10.2 Å². The van der Waals surface area contributed by atoms with Crippen molar-refractivity contribution >= 4 is 17.6 Å². The van der Waals surface area contributed by atoms with Crippen LogP contribution in [-0.2, 0) is 17.9 Å². The second kappa shape index (κ2) is 9.07. The average Bonchev–Trinajstić information content (AvgIpc) is 3.17. The van der Waals surface area contributed by atoms with Crippen LogP contribution in [0.5, 0.6) is 5.75 Å². The van der Waals surface area contributed by atoms with E-state index in [-0.39, 0.29) is 17.7 Å². The Morgan fingerprint density at radius 1 is 0.967 bits per heavy atom. The summed E-state index contributed by atoms with van der Waals surface area (Å²) in [4.78, 5) is 30.2. The second-order valence-corrected chi connectivity index (χ2v) is 7.86. The Labute approximate surface area is 176 Å². The fraction of sp³-hybridized carbons (Fsp3) is 0.391. The minimum atomic E-state index is -0.0768. The highest BCUT2D eigenvalue weighted by Crippen LogP contribution is 2.27. The maximum Gasteiger partial charge on any atom is 0.317 e. The van der Waals surface area contributed by atoms with Gasteiger partial charge in [0, 0.05) is 52.2 Å². The maximum atomic E-state index is 12.6. The van der Waals surface area contributed by atoms with Crippen LogP contribution in [-0.4, -0.2) is 59.6 Å². The van der Waals surface area contributed by atoms with Crippen molar-refractivity contribution in [2.24, 2.45) is 0 Å². The Balaban J connectivity index is 1.26. The summed E-state index contributed by atoms with van der Waals surface area (Å²) in [6.07, 6.45) is 1.58. The summed E-state index contributed by atoms with van der Waals surface area (Å²) in [5, 5.41) is 13.0. The quantitative estimate of drug-likeness (QED) is 0.797. The SMILES string of the molecule is O=C1CCCN1Cc1cccc(CNC(=O)N2CCN(c3ccccc3O)CC2)c1. The largest absolute Gasteiger partial charge is 0.506 e. The normalized spacial score (nSPS) is 16.8. The number of rotatable bonds is 5. The molecular weight excluding hydrogens is 380 g/mol. The molecule has 0 aromatic heterocycles. The number of nitrogens with zero attached hydrogens (tertiary/aromatic N) is 3. The van der Waals surface area contributed by atoms with E-state index in [4.69, 9.17) is 0 Å². The van der Waals surface area contributed by atoms with E-state index in [1.807, 2.05) is 40.1 Å². The molecular formula is C23H28N4O3. The molecule has 2 heterocycles. The number of carbonyl (C=O) groups excluding carboxylic acids is 2. The van der Waals surface area contributed by atoms with Gasteiger partial charge in [0.25, 0.3) is 0 Å². The highest BCUT2D eigenvalue weighted by atomic mass is 16.3. The number of aromatic hydroxyl groups is 1. The standard InChI is InChI=1S/C23H28N4O3/c28-21-8-2-1-7-20(21)25-11-13-26(14-12-25)23(30)24-16-18-5-3-6-19(15-18)17-27-10-4-9-22(27)29/h1-3,5-8,15,28H,4,9-14,16-17H2,(H,24,30). The van der Waals surface area contributed by atoms with Gasteiger partial charge in [0.1, 0.15) is 5.75 Å². The summed E-state index contributed by atoms with van der Waals surface area (Å²) < 4.78 is 0. The molecule has 0 atom stereocenters. The van der Waals surface area contributed by atoms with Crippen LogP contribution in [0.1, 0.15) is 24.0 Å². The number of hydrogen-bond donors (Lipinski definition) is 2. The van der Waals surface area contributed by atoms with Gasteiger partial charge in [-0.2, -0.15) is 0 Å². The van der Waals surface area contributed by atoms with Gasteiger partial charge in [-0.05, 0) is 29.7 Å². The summed E-state index contributed by atoms with van der Waals surface area (Å²) in [6.45, 7) is 4.50. The molecule has 0 radical (unpaired) electrons. The molecule has 2 N–H and O–H groups in total. The van der Waals surface area contributed by atoms with Gasteiger partial charge < -0.3 is 25.1 Å². The summed E-state index contributed by atoms with van der Waals surface area (Å²) >= 11 is 0. The number of nitrogens with one attached hydrogen (secondary N) is 1. The first kappa shape index (κ1) is 20.1. The van der Waals surface area contributed by atoms with Gasteiger partial charge in [0.05, 0.1) is 5.69 Å². The predicted octanol–water partition coefficient (Wildman–Crippen LogP) is 2.55. The number of anilines is 1. The van der Waals surface area contributed by atoms with Gasteiger partial charge in [-0.1, -0.05) is 36.4 Å². The topological polar surface area (TPSA) is 76.1 Å². The molecule has 2 fully saturated rings. The van der Waals surface area contributed by atoms with Gasteiger partial charge in [-0.25, -0.2) is 4.79 Å². The van der Waals surface area contributed by atoms with Crippen molar-refractivity contribution in [2.45, 2.75) is 25.9 Å². The van der Waals surface area contributed by atoms with Crippen LogP contribution >= 0.6 is 0 Å². The molecule has 2 aliphatic rings. The lowest BCUT2D eigenvalue weighted by Crippen LogP contribution is -2.51. The zero-order valence-corrected chi connectivity index (χ0v) is 17.1. The Kier molecular flexibility index (Phi) is 6.07. The third-order valence-electron chi connectivity index (χ3n) is 5.77. The molecule has 158 valence electrons. The van der Waals surface area contributed by atoms with Gasteiger partial charge in [-0.3, -0.25) is 4.79 Å². The van der Waals surface area contributed by atoms with Crippen LogP contribution in [0.15, 0.2) is 48.5 Å². The fourth-order valence-electron chi connectivity index (χ4n) is 4.10. The van der Waals surface area contributed by atoms with Crippen LogP contribution in [0, 0.1) is 0 Å². The van der Waals surface area contributed by atoms with Gasteiger partial charge >= 0.3 is 6.03 Å². The monoisotopic (exact) mass is 408 g/mol. The molecule has 3 amide bonds. The lowest BCUT2D eigenvalue weighted by molar-refractivity contribution is -0.128. The smallest absolute Gasteiger partial charge is 0.317 e.